The summed E-state index contributed by atoms with van der Waals surface area (Å²) in [5.41, 5.74) is 3.75. The van der Waals surface area contributed by atoms with Crippen LogP contribution in [0.3, 0.4) is 0 Å². The van der Waals surface area contributed by atoms with Crippen molar-refractivity contribution >= 4 is 17.5 Å². The average molecular weight is 313 g/mol. The van der Waals surface area contributed by atoms with E-state index in [9.17, 15) is 9.59 Å². The van der Waals surface area contributed by atoms with Crippen LogP contribution in [0, 0.1) is 0 Å². The Kier molecular flexibility index (Phi) is 3.61. The van der Waals surface area contributed by atoms with E-state index in [1.165, 1.54) is 0 Å². The molecule has 118 valence electrons. The maximum absolute atomic E-state index is 12.4. The number of anilines is 1. The van der Waals surface area contributed by atoms with E-state index in [4.69, 9.17) is 16.4 Å². The Morgan fingerprint density at radius 2 is 1.74 bits per heavy atom. The number of fused-ring (bicyclic) bond motifs is 1. The lowest BCUT2D eigenvalue weighted by molar-refractivity contribution is -0.134. The van der Waals surface area contributed by atoms with Crippen LogP contribution in [0.25, 0.3) is 0 Å². The minimum atomic E-state index is -1.57. The molecule has 0 spiro atoms. The fraction of sp³-hybridized carbons (Fsp3) is 0.0667. The lowest BCUT2D eigenvalue weighted by Crippen LogP contribution is -2.53. The first kappa shape index (κ1) is 14.8. The van der Waals surface area contributed by atoms with Gasteiger partial charge in [0.2, 0.25) is 0 Å². The molecule has 1 atom stereocenters. The molecule has 1 unspecified atom stereocenters. The third kappa shape index (κ3) is 2.26. The zero-order chi connectivity index (χ0) is 16.4. The molecular formula is C15H15N5O3. The monoisotopic (exact) mass is 313 g/mol. The number of nitrogens with one attached hydrogen (secondary N) is 3. The van der Waals surface area contributed by atoms with E-state index < -0.39 is 17.5 Å². The lowest BCUT2D eigenvalue weighted by Gasteiger charge is -2.27. The van der Waals surface area contributed by atoms with Crippen LogP contribution in [0.1, 0.15) is 15.9 Å². The molecule has 2 amide bonds. The summed E-state index contributed by atoms with van der Waals surface area (Å²) in [7, 11) is 0. The molecule has 0 bridgehead atoms. The quantitative estimate of drug-likeness (QED) is 0.306. The zero-order valence-corrected chi connectivity index (χ0v) is 12.0. The van der Waals surface area contributed by atoms with E-state index in [0.717, 1.165) is 0 Å². The van der Waals surface area contributed by atoms with Crippen molar-refractivity contribution in [3.8, 4) is 5.75 Å². The summed E-state index contributed by atoms with van der Waals surface area (Å²) in [6, 6.07) is 13.6. The van der Waals surface area contributed by atoms with Gasteiger partial charge in [0.1, 0.15) is 5.75 Å². The Morgan fingerprint density at radius 1 is 1.00 bits per heavy atom. The van der Waals surface area contributed by atoms with Crippen LogP contribution >= 0.6 is 0 Å². The third-order valence-electron chi connectivity index (χ3n) is 3.60. The summed E-state index contributed by atoms with van der Waals surface area (Å²) in [6.07, 6.45) is 0. The van der Waals surface area contributed by atoms with E-state index in [-0.39, 0.29) is 5.56 Å². The molecule has 1 aliphatic heterocycles. The number of benzene rings is 2. The van der Waals surface area contributed by atoms with Crippen molar-refractivity contribution in [1.29, 1.82) is 0 Å². The van der Waals surface area contributed by atoms with Gasteiger partial charge in [-0.25, -0.2) is 11.7 Å². The lowest BCUT2D eigenvalue weighted by atomic mass is 10.0. The summed E-state index contributed by atoms with van der Waals surface area (Å²) in [6.45, 7) is 0. The molecule has 0 radical (unpaired) electrons. The second-order valence-electron chi connectivity index (χ2n) is 4.90. The highest BCUT2D eigenvalue weighted by Gasteiger charge is 2.48. The van der Waals surface area contributed by atoms with Crippen molar-refractivity contribution in [2.24, 2.45) is 11.7 Å². The van der Waals surface area contributed by atoms with Gasteiger partial charge in [-0.3, -0.25) is 20.4 Å². The van der Waals surface area contributed by atoms with E-state index in [1.807, 2.05) is 6.07 Å². The number of amides is 2. The van der Waals surface area contributed by atoms with Gasteiger partial charge >= 0.3 is 5.91 Å². The average Bonchev–Trinajstić information content (AvgIpc) is 3.01. The number of nitrogens with two attached hydrogens (primary N) is 2. The fourth-order valence-electron chi connectivity index (χ4n) is 2.52. The molecule has 8 nitrogen and oxygen atoms in total. The second kappa shape index (κ2) is 5.59. The molecule has 23 heavy (non-hydrogen) atoms. The molecule has 2 aromatic rings. The summed E-state index contributed by atoms with van der Waals surface area (Å²) in [4.78, 5) is 24.3. The van der Waals surface area contributed by atoms with Crippen molar-refractivity contribution in [2.75, 3.05) is 5.32 Å². The predicted molar refractivity (Wildman–Crippen MR) is 82.8 cm³/mol. The van der Waals surface area contributed by atoms with Gasteiger partial charge in [0.05, 0.1) is 11.3 Å². The molecule has 1 heterocycles. The molecular weight excluding hydrogens is 298 g/mol. The summed E-state index contributed by atoms with van der Waals surface area (Å²) in [5.74, 6) is 9.75. The van der Waals surface area contributed by atoms with Crippen LogP contribution in [-0.2, 0) is 10.5 Å². The number of hydrazine groups is 2. The number of rotatable bonds is 3. The Balaban J connectivity index is 2.12. The first-order valence-electron chi connectivity index (χ1n) is 6.80. The van der Waals surface area contributed by atoms with Gasteiger partial charge < -0.3 is 10.1 Å². The van der Waals surface area contributed by atoms with Crippen molar-refractivity contribution in [3.63, 3.8) is 0 Å². The Morgan fingerprint density at radius 3 is 2.39 bits per heavy atom. The van der Waals surface area contributed by atoms with Crippen LogP contribution in [0.5, 0.6) is 5.75 Å². The Hall–Kier alpha value is -3.10. The number of carbonyl (C=O) groups is 2. The predicted octanol–water partition coefficient (Wildman–Crippen LogP) is -0.0627. The summed E-state index contributed by atoms with van der Waals surface area (Å²) < 4.78 is 5.84. The fourth-order valence-corrected chi connectivity index (χ4v) is 2.52. The molecule has 0 saturated carbocycles. The highest BCUT2D eigenvalue weighted by molar-refractivity contribution is 6.03. The topological polar surface area (TPSA) is 132 Å². The first-order chi connectivity index (χ1) is 11.1. The van der Waals surface area contributed by atoms with Gasteiger partial charge in [-0.05, 0) is 12.1 Å². The Bertz CT molecular complexity index is 765. The van der Waals surface area contributed by atoms with Crippen LogP contribution in [0.15, 0.2) is 48.5 Å². The number of hydrogen-bond donors (Lipinski definition) is 5. The van der Waals surface area contributed by atoms with Gasteiger partial charge in [0.15, 0.2) is 0 Å². The van der Waals surface area contributed by atoms with Crippen LogP contribution in [0.4, 0.5) is 5.69 Å². The van der Waals surface area contributed by atoms with Gasteiger partial charge in [-0.15, -0.1) is 0 Å². The van der Waals surface area contributed by atoms with Crippen molar-refractivity contribution in [3.05, 3.63) is 59.7 Å². The number of ether oxygens (including phenoxy) is 1. The number of carbonyl (C=O) groups excluding carboxylic acids is 2. The highest BCUT2D eigenvalue weighted by atomic mass is 16.5. The van der Waals surface area contributed by atoms with E-state index in [0.29, 0.717) is 17.0 Å². The highest BCUT2D eigenvalue weighted by Crippen LogP contribution is 2.43. The van der Waals surface area contributed by atoms with Crippen LogP contribution < -0.4 is 32.6 Å². The second-order valence-corrected chi connectivity index (χ2v) is 4.90. The maximum Gasteiger partial charge on any atom is 0.304 e. The van der Waals surface area contributed by atoms with E-state index in [1.54, 1.807) is 42.5 Å². The van der Waals surface area contributed by atoms with Crippen molar-refractivity contribution in [1.82, 2.24) is 10.9 Å². The molecule has 0 fully saturated rings. The largest absolute Gasteiger partial charge is 0.452 e. The molecule has 2 aromatic carbocycles. The molecule has 7 N–H and O–H groups in total. The van der Waals surface area contributed by atoms with Gasteiger partial charge in [-0.2, -0.15) is 0 Å². The molecule has 0 saturated heterocycles. The van der Waals surface area contributed by atoms with Crippen LogP contribution in [-0.4, -0.2) is 11.8 Å². The number of nitrogen functional groups attached to an aromatic ring is 1. The number of para-hydroxylation sites is 1. The first-order valence-corrected chi connectivity index (χ1v) is 6.80. The summed E-state index contributed by atoms with van der Waals surface area (Å²) in [5, 5.41) is 2.97. The van der Waals surface area contributed by atoms with Crippen molar-refractivity contribution in [2.45, 2.75) is 5.72 Å². The Labute approximate surface area is 131 Å². The third-order valence-corrected chi connectivity index (χ3v) is 3.60. The zero-order valence-electron chi connectivity index (χ0n) is 12.0. The minimum Gasteiger partial charge on any atom is -0.452 e. The van der Waals surface area contributed by atoms with E-state index >= 15 is 0 Å². The SMILES string of the molecule is NNC(=O)c1cccc2c1NC(C(=O)NN)(c1ccccc1)O2. The minimum absolute atomic E-state index is 0.257. The maximum atomic E-state index is 12.4. The van der Waals surface area contributed by atoms with E-state index in [2.05, 4.69) is 16.2 Å². The van der Waals surface area contributed by atoms with Gasteiger partial charge in [0.25, 0.3) is 11.6 Å². The molecule has 1 aliphatic rings. The molecule has 0 aliphatic carbocycles. The van der Waals surface area contributed by atoms with Crippen LogP contribution in [0.2, 0.25) is 0 Å². The normalized spacial score (nSPS) is 18.3. The molecule has 0 aromatic heterocycles. The smallest absolute Gasteiger partial charge is 0.304 e. The molecule has 8 heteroatoms. The summed E-state index contributed by atoms with van der Waals surface area (Å²) >= 11 is 0. The standard InChI is InChI=1S/C15H15N5O3/c16-19-13(21)10-7-4-8-11-12(10)18-15(23-11,14(22)20-17)9-5-2-1-3-6-9/h1-8,18H,16-17H2,(H,19,21)(H,20,22). The van der Waals surface area contributed by atoms with Gasteiger partial charge in [0, 0.05) is 5.56 Å². The van der Waals surface area contributed by atoms with Gasteiger partial charge in [-0.1, -0.05) is 36.4 Å². The number of hydrogen-bond acceptors (Lipinski definition) is 6. The van der Waals surface area contributed by atoms with Crippen molar-refractivity contribution < 1.29 is 14.3 Å². The molecule has 3 rings (SSSR count).